The van der Waals surface area contributed by atoms with Crippen molar-refractivity contribution in [1.82, 2.24) is 5.32 Å². The first-order valence-electron chi connectivity index (χ1n) is 6.55. The Morgan fingerprint density at radius 3 is 2.45 bits per heavy atom. The highest BCUT2D eigenvalue weighted by atomic mass is 35.5. The molecule has 2 aromatic rings. The highest BCUT2D eigenvalue weighted by Gasteiger charge is 2.04. The summed E-state index contributed by atoms with van der Waals surface area (Å²) in [7, 11) is 0. The molecule has 2 nitrogen and oxygen atoms in total. The Hall–Kier alpha value is -1.58. The van der Waals surface area contributed by atoms with Crippen molar-refractivity contribution in [3.63, 3.8) is 0 Å². The van der Waals surface area contributed by atoms with Gasteiger partial charge >= 0.3 is 0 Å². The van der Waals surface area contributed by atoms with Gasteiger partial charge in [0.1, 0.15) is 18.2 Å². The minimum absolute atomic E-state index is 0.250. The Labute approximate surface area is 123 Å². The van der Waals surface area contributed by atoms with Crippen molar-refractivity contribution in [1.29, 1.82) is 0 Å². The molecule has 0 bridgehead atoms. The predicted molar refractivity (Wildman–Crippen MR) is 79.6 cm³/mol. The van der Waals surface area contributed by atoms with E-state index in [1.807, 2.05) is 18.2 Å². The second-order valence-electron chi connectivity index (χ2n) is 4.46. The molecular weight excluding hydrogens is 277 g/mol. The summed E-state index contributed by atoms with van der Waals surface area (Å²) in [5, 5.41) is 3.83. The molecule has 0 fully saturated rings. The van der Waals surface area contributed by atoms with Crippen molar-refractivity contribution >= 4 is 11.6 Å². The normalized spacial score (nSPS) is 10.6. The smallest absolute Gasteiger partial charge is 0.138 e. The summed E-state index contributed by atoms with van der Waals surface area (Å²) in [5.41, 5.74) is 2.02. The van der Waals surface area contributed by atoms with Crippen LogP contribution in [0.15, 0.2) is 42.5 Å². The van der Waals surface area contributed by atoms with Crippen LogP contribution >= 0.6 is 11.6 Å². The topological polar surface area (TPSA) is 21.3 Å². The number of benzene rings is 2. The Bertz CT molecular complexity index is 557. The van der Waals surface area contributed by atoms with Crippen LogP contribution in [0.1, 0.15) is 18.1 Å². The van der Waals surface area contributed by atoms with E-state index in [1.165, 1.54) is 12.1 Å². The van der Waals surface area contributed by atoms with Crippen molar-refractivity contribution in [2.24, 2.45) is 0 Å². The number of rotatable bonds is 6. The summed E-state index contributed by atoms with van der Waals surface area (Å²) in [4.78, 5) is 0. The van der Waals surface area contributed by atoms with Gasteiger partial charge in [-0.3, -0.25) is 0 Å². The van der Waals surface area contributed by atoms with Gasteiger partial charge in [-0.15, -0.1) is 0 Å². The summed E-state index contributed by atoms with van der Waals surface area (Å²) in [6.45, 7) is 4.13. The maximum atomic E-state index is 12.8. The van der Waals surface area contributed by atoms with Gasteiger partial charge in [-0.05, 0) is 41.9 Å². The van der Waals surface area contributed by atoms with Crippen molar-refractivity contribution in [3.05, 3.63) is 64.4 Å². The molecule has 0 atom stereocenters. The molecule has 0 heterocycles. The fourth-order valence-electron chi connectivity index (χ4n) is 1.78. The van der Waals surface area contributed by atoms with E-state index in [-0.39, 0.29) is 5.82 Å². The molecule has 0 saturated heterocycles. The molecule has 2 aromatic carbocycles. The SMILES string of the molecule is CCNCc1ccc(OCc2ccc(F)cc2)c(Cl)c1. The summed E-state index contributed by atoms with van der Waals surface area (Å²) < 4.78 is 18.4. The number of halogens is 2. The van der Waals surface area contributed by atoms with Crippen molar-refractivity contribution in [3.8, 4) is 5.75 Å². The Morgan fingerprint density at radius 1 is 1.10 bits per heavy atom. The summed E-state index contributed by atoms with van der Waals surface area (Å²) in [6.07, 6.45) is 0. The Balaban J connectivity index is 1.97. The first-order chi connectivity index (χ1) is 9.69. The zero-order chi connectivity index (χ0) is 14.4. The minimum atomic E-state index is -0.250. The monoisotopic (exact) mass is 293 g/mol. The predicted octanol–water partition coefficient (Wildman–Crippen LogP) is 4.17. The summed E-state index contributed by atoms with van der Waals surface area (Å²) >= 11 is 6.19. The average molecular weight is 294 g/mol. The van der Waals surface area contributed by atoms with Crippen LogP contribution in [0.4, 0.5) is 4.39 Å². The second kappa shape index (κ2) is 7.27. The first-order valence-corrected chi connectivity index (χ1v) is 6.93. The van der Waals surface area contributed by atoms with Crippen molar-refractivity contribution in [2.75, 3.05) is 6.54 Å². The number of hydrogen-bond acceptors (Lipinski definition) is 2. The van der Waals surface area contributed by atoms with Gasteiger partial charge in [-0.1, -0.05) is 36.7 Å². The van der Waals surface area contributed by atoms with E-state index in [0.717, 1.165) is 24.2 Å². The zero-order valence-corrected chi connectivity index (χ0v) is 12.1. The lowest BCUT2D eigenvalue weighted by molar-refractivity contribution is 0.306. The lowest BCUT2D eigenvalue weighted by Gasteiger charge is -2.10. The fraction of sp³-hybridized carbons (Fsp3) is 0.250. The average Bonchev–Trinajstić information content (AvgIpc) is 2.46. The third-order valence-corrected chi connectivity index (χ3v) is 3.18. The van der Waals surface area contributed by atoms with E-state index in [0.29, 0.717) is 17.4 Å². The number of hydrogen-bond donors (Lipinski definition) is 1. The second-order valence-corrected chi connectivity index (χ2v) is 4.87. The molecule has 4 heteroatoms. The van der Waals surface area contributed by atoms with Crippen LogP contribution in [-0.2, 0) is 13.2 Å². The third-order valence-electron chi connectivity index (χ3n) is 2.88. The van der Waals surface area contributed by atoms with E-state index in [2.05, 4.69) is 12.2 Å². The zero-order valence-electron chi connectivity index (χ0n) is 11.3. The van der Waals surface area contributed by atoms with Crippen LogP contribution in [0, 0.1) is 5.82 Å². The molecule has 0 aliphatic heterocycles. The Morgan fingerprint density at radius 2 is 1.80 bits per heavy atom. The van der Waals surface area contributed by atoms with Gasteiger partial charge in [0.05, 0.1) is 5.02 Å². The van der Waals surface area contributed by atoms with Crippen LogP contribution in [0.3, 0.4) is 0 Å². The molecule has 0 amide bonds. The molecule has 0 aliphatic carbocycles. The molecule has 0 aliphatic rings. The van der Waals surface area contributed by atoms with Crippen molar-refractivity contribution in [2.45, 2.75) is 20.1 Å². The maximum Gasteiger partial charge on any atom is 0.138 e. The highest BCUT2D eigenvalue weighted by Crippen LogP contribution is 2.26. The molecule has 0 saturated carbocycles. The molecule has 106 valence electrons. The lowest BCUT2D eigenvalue weighted by atomic mass is 10.2. The van der Waals surface area contributed by atoms with Gasteiger partial charge in [0.15, 0.2) is 0 Å². The van der Waals surface area contributed by atoms with Gasteiger partial charge in [0.2, 0.25) is 0 Å². The molecular formula is C16H17ClFNO. The molecule has 2 rings (SSSR count). The fourth-order valence-corrected chi connectivity index (χ4v) is 2.04. The molecule has 0 spiro atoms. The van der Waals surface area contributed by atoms with Gasteiger partial charge in [0.25, 0.3) is 0 Å². The molecule has 0 radical (unpaired) electrons. The lowest BCUT2D eigenvalue weighted by Crippen LogP contribution is -2.11. The first kappa shape index (κ1) is 14.8. The largest absolute Gasteiger partial charge is 0.487 e. The van der Waals surface area contributed by atoms with Gasteiger partial charge in [-0.25, -0.2) is 4.39 Å². The quantitative estimate of drug-likeness (QED) is 0.863. The molecule has 20 heavy (non-hydrogen) atoms. The number of ether oxygens (including phenoxy) is 1. The minimum Gasteiger partial charge on any atom is -0.487 e. The van der Waals surface area contributed by atoms with Crippen LogP contribution in [-0.4, -0.2) is 6.54 Å². The maximum absolute atomic E-state index is 12.8. The van der Waals surface area contributed by atoms with Crippen LogP contribution in [0.25, 0.3) is 0 Å². The number of nitrogens with one attached hydrogen (secondary N) is 1. The van der Waals surface area contributed by atoms with E-state index >= 15 is 0 Å². The Kier molecular flexibility index (Phi) is 5.39. The van der Waals surface area contributed by atoms with Crippen molar-refractivity contribution < 1.29 is 9.13 Å². The van der Waals surface area contributed by atoms with Gasteiger partial charge < -0.3 is 10.1 Å². The van der Waals surface area contributed by atoms with E-state index in [4.69, 9.17) is 16.3 Å². The molecule has 0 unspecified atom stereocenters. The standard InChI is InChI=1S/C16H17ClFNO/c1-2-19-10-13-5-8-16(15(17)9-13)20-11-12-3-6-14(18)7-4-12/h3-9,19H,2,10-11H2,1H3. The molecule has 1 N–H and O–H groups in total. The summed E-state index contributed by atoms with van der Waals surface area (Å²) in [6, 6.07) is 12.0. The van der Waals surface area contributed by atoms with Crippen LogP contribution in [0.5, 0.6) is 5.75 Å². The van der Waals surface area contributed by atoms with E-state index in [9.17, 15) is 4.39 Å². The third kappa shape index (κ3) is 4.22. The highest BCUT2D eigenvalue weighted by molar-refractivity contribution is 6.32. The van der Waals surface area contributed by atoms with Gasteiger partial charge in [-0.2, -0.15) is 0 Å². The summed E-state index contributed by atoms with van der Waals surface area (Å²) in [5.74, 6) is 0.385. The molecule has 0 aromatic heterocycles. The van der Waals surface area contributed by atoms with E-state index < -0.39 is 0 Å². The van der Waals surface area contributed by atoms with E-state index in [1.54, 1.807) is 12.1 Å². The van der Waals surface area contributed by atoms with Gasteiger partial charge in [0, 0.05) is 6.54 Å². The van der Waals surface area contributed by atoms with Crippen LogP contribution < -0.4 is 10.1 Å². The van der Waals surface area contributed by atoms with Crippen LogP contribution in [0.2, 0.25) is 5.02 Å².